The fraction of sp³-hybridized carbons (Fsp3) is 0.417. The minimum absolute atomic E-state index is 0.284. The van der Waals surface area contributed by atoms with E-state index in [1.807, 2.05) is 25.3 Å². The van der Waals surface area contributed by atoms with Gasteiger partial charge in [0, 0.05) is 18.0 Å². The molecule has 1 aromatic carbocycles. The number of para-hydroxylation sites is 1. The predicted molar refractivity (Wildman–Crippen MR) is 62.6 cm³/mol. The van der Waals surface area contributed by atoms with Crippen molar-refractivity contribution in [3.63, 3.8) is 0 Å². The van der Waals surface area contributed by atoms with E-state index in [-0.39, 0.29) is 6.04 Å². The first-order valence-electron chi connectivity index (χ1n) is 5.43. The van der Waals surface area contributed by atoms with Gasteiger partial charge in [0.1, 0.15) is 0 Å². The molecule has 15 heavy (non-hydrogen) atoms. The Morgan fingerprint density at radius 3 is 3.00 bits per heavy atom. The molecule has 3 heteroatoms. The van der Waals surface area contributed by atoms with Crippen molar-refractivity contribution in [3.8, 4) is 0 Å². The Balaban J connectivity index is 2.08. The number of hydrogen-bond acceptors (Lipinski definition) is 2. The minimum Gasteiger partial charge on any atom is -0.328 e. The first-order valence-corrected chi connectivity index (χ1v) is 5.43. The van der Waals surface area contributed by atoms with E-state index in [0.29, 0.717) is 0 Å². The Labute approximate surface area is 89.9 Å². The number of aryl methyl sites for hydroxylation is 1. The summed E-state index contributed by atoms with van der Waals surface area (Å²) in [4.78, 5) is 0. The van der Waals surface area contributed by atoms with Crippen LogP contribution in [0.2, 0.25) is 0 Å². The summed E-state index contributed by atoms with van der Waals surface area (Å²) in [6.45, 7) is 3.00. The van der Waals surface area contributed by atoms with Gasteiger partial charge in [-0.05, 0) is 25.8 Å². The highest BCUT2D eigenvalue weighted by molar-refractivity contribution is 5.78. The van der Waals surface area contributed by atoms with Gasteiger partial charge in [0.25, 0.3) is 0 Å². The average molecular weight is 203 g/mol. The molecular weight excluding hydrogens is 186 g/mol. The van der Waals surface area contributed by atoms with Gasteiger partial charge < -0.3 is 5.73 Å². The van der Waals surface area contributed by atoms with Crippen LogP contribution < -0.4 is 5.73 Å². The van der Waals surface area contributed by atoms with Gasteiger partial charge in [-0.15, -0.1) is 0 Å². The molecule has 0 aliphatic heterocycles. The second kappa shape index (κ2) is 4.45. The van der Waals surface area contributed by atoms with E-state index >= 15 is 0 Å². The maximum atomic E-state index is 5.71. The zero-order chi connectivity index (χ0) is 10.7. The molecule has 0 spiro atoms. The van der Waals surface area contributed by atoms with Gasteiger partial charge in [0.15, 0.2) is 0 Å². The summed E-state index contributed by atoms with van der Waals surface area (Å²) in [6.07, 6.45) is 4.05. The molecule has 1 aromatic heterocycles. The number of nitrogens with zero attached hydrogens (tertiary/aromatic N) is 2. The summed E-state index contributed by atoms with van der Waals surface area (Å²) in [7, 11) is 0. The third kappa shape index (κ3) is 2.36. The highest BCUT2D eigenvalue weighted by Crippen LogP contribution is 2.13. The molecule has 0 saturated carbocycles. The molecule has 0 fully saturated rings. The van der Waals surface area contributed by atoms with Crippen LogP contribution in [0.25, 0.3) is 10.9 Å². The van der Waals surface area contributed by atoms with E-state index in [2.05, 4.69) is 21.9 Å². The van der Waals surface area contributed by atoms with Crippen LogP contribution in [-0.2, 0) is 6.54 Å². The monoisotopic (exact) mass is 203 g/mol. The zero-order valence-electron chi connectivity index (χ0n) is 9.06. The Morgan fingerprint density at radius 1 is 1.40 bits per heavy atom. The SMILES string of the molecule is CC(N)CCCn1ncc2ccccc21. The average Bonchev–Trinajstić information content (AvgIpc) is 2.62. The Morgan fingerprint density at radius 2 is 2.20 bits per heavy atom. The van der Waals surface area contributed by atoms with Gasteiger partial charge in [-0.3, -0.25) is 4.68 Å². The van der Waals surface area contributed by atoms with E-state index < -0.39 is 0 Å². The van der Waals surface area contributed by atoms with Crippen molar-refractivity contribution in [1.29, 1.82) is 0 Å². The van der Waals surface area contributed by atoms with Crippen LogP contribution >= 0.6 is 0 Å². The lowest BCUT2D eigenvalue weighted by Gasteiger charge is -2.05. The number of aromatic nitrogens is 2. The highest BCUT2D eigenvalue weighted by atomic mass is 15.3. The van der Waals surface area contributed by atoms with Crippen molar-refractivity contribution in [2.24, 2.45) is 5.73 Å². The largest absolute Gasteiger partial charge is 0.328 e. The molecule has 0 amide bonds. The Hall–Kier alpha value is -1.35. The molecule has 0 bridgehead atoms. The normalized spacial score (nSPS) is 13.2. The van der Waals surface area contributed by atoms with Gasteiger partial charge in [0.2, 0.25) is 0 Å². The molecule has 1 unspecified atom stereocenters. The molecule has 2 aromatic rings. The quantitative estimate of drug-likeness (QED) is 0.827. The summed E-state index contributed by atoms with van der Waals surface area (Å²) in [6, 6.07) is 8.56. The van der Waals surface area contributed by atoms with E-state index in [4.69, 9.17) is 5.73 Å². The number of fused-ring (bicyclic) bond motifs is 1. The third-order valence-corrected chi connectivity index (χ3v) is 2.58. The van der Waals surface area contributed by atoms with Crippen LogP contribution in [0.5, 0.6) is 0 Å². The highest BCUT2D eigenvalue weighted by Gasteiger charge is 2.01. The molecule has 80 valence electrons. The zero-order valence-corrected chi connectivity index (χ0v) is 9.06. The number of hydrogen-bond donors (Lipinski definition) is 1. The van der Waals surface area contributed by atoms with Gasteiger partial charge in [-0.25, -0.2) is 0 Å². The second-order valence-corrected chi connectivity index (χ2v) is 4.05. The lowest BCUT2D eigenvalue weighted by atomic mass is 10.2. The summed E-state index contributed by atoms with van der Waals surface area (Å²) in [5.74, 6) is 0. The Bertz CT molecular complexity index is 431. The summed E-state index contributed by atoms with van der Waals surface area (Å²) in [5.41, 5.74) is 6.93. The predicted octanol–water partition coefficient (Wildman–Crippen LogP) is 2.16. The first kappa shape index (κ1) is 10.2. The van der Waals surface area contributed by atoms with E-state index in [9.17, 15) is 0 Å². The molecule has 1 atom stereocenters. The molecule has 0 saturated heterocycles. The maximum absolute atomic E-state index is 5.71. The molecule has 2 N–H and O–H groups in total. The summed E-state index contributed by atoms with van der Waals surface area (Å²) < 4.78 is 2.05. The maximum Gasteiger partial charge on any atom is 0.0682 e. The van der Waals surface area contributed by atoms with Gasteiger partial charge in [0.05, 0.1) is 11.7 Å². The summed E-state index contributed by atoms with van der Waals surface area (Å²) in [5, 5.41) is 5.57. The molecular formula is C12H17N3. The van der Waals surface area contributed by atoms with Crippen LogP contribution in [0.1, 0.15) is 19.8 Å². The van der Waals surface area contributed by atoms with Crippen molar-refractivity contribution in [1.82, 2.24) is 9.78 Å². The van der Waals surface area contributed by atoms with Crippen LogP contribution in [0.4, 0.5) is 0 Å². The second-order valence-electron chi connectivity index (χ2n) is 4.05. The van der Waals surface area contributed by atoms with Gasteiger partial charge in [-0.1, -0.05) is 18.2 Å². The van der Waals surface area contributed by atoms with Crippen LogP contribution in [0.3, 0.4) is 0 Å². The van der Waals surface area contributed by atoms with E-state index in [1.165, 1.54) is 10.9 Å². The lowest BCUT2D eigenvalue weighted by Crippen LogP contribution is -2.15. The number of nitrogens with two attached hydrogens (primary N) is 1. The first-order chi connectivity index (χ1) is 7.27. The Kier molecular flexibility index (Phi) is 3.02. The lowest BCUT2D eigenvalue weighted by molar-refractivity contribution is 0.535. The smallest absolute Gasteiger partial charge is 0.0682 e. The molecule has 2 rings (SSSR count). The molecule has 1 heterocycles. The van der Waals surface area contributed by atoms with Crippen molar-refractivity contribution >= 4 is 10.9 Å². The van der Waals surface area contributed by atoms with Crippen molar-refractivity contribution in [2.75, 3.05) is 0 Å². The van der Waals surface area contributed by atoms with Gasteiger partial charge >= 0.3 is 0 Å². The van der Waals surface area contributed by atoms with Crippen LogP contribution in [-0.4, -0.2) is 15.8 Å². The van der Waals surface area contributed by atoms with E-state index in [1.54, 1.807) is 0 Å². The topological polar surface area (TPSA) is 43.8 Å². The van der Waals surface area contributed by atoms with Crippen LogP contribution in [0, 0.1) is 0 Å². The van der Waals surface area contributed by atoms with Crippen molar-refractivity contribution in [2.45, 2.75) is 32.4 Å². The standard InChI is InChI=1S/C12H17N3/c1-10(13)5-4-8-15-12-7-3-2-6-11(12)9-14-15/h2-3,6-7,9-10H,4-5,8,13H2,1H3. The molecule has 0 aliphatic carbocycles. The molecule has 0 aliphatic rings. The van der Waals surface area contributed by atoms with Gasteiger partial charge in [-0.2, -0.15) is 5.10 Å². The molecule has 0 radical (unpaired) electrons. The number of rotatable bonds is 4. The summed E-state index contributed by atoms with van der Waals surface area (Å²) >= 11 is 0. The van der Waals surface area contributed by atoms with Crippen molar-refractivity contribution < 1.29 is 0 Å². The fourth-order valence-electron chi connectivity index (χ4n) is 1.77. The van der Waals surface area contributed by atoms with E-state index in [0.717, 1.165) is 19.4 Å². The minimum atomic E-state index is 0.284. The third-order valence-electron chi connectivity index (χ3n) is 2.58. The van der Waals surface area contributed by atoms with Crippen molar-refractivity contribution in [3.05, 3.63) is 30.5 Å². The molecule has 3 nitrogen and oxygen atoms in total. The van der Waals surface area contributed by atoms with Crippen LogP contribution in [0.15, 0.2) is 30.5 Å². The number of benzene rings is 1. The fourth-order valence-corrected chi connectivity index (χ4v) is 1.77.